The number of hydrogen-bond acceptors (Lipinski definition) is 8. The molecule has 0 aliphatic rings. The Hall–Kier alpha value is -3.08. The van der Waals surface area contributed by atoms with Gasteiger partial charge in [-0.15, -0.1) is 0 Å². The Bertz CT molecular complexity index is 1090. The van der Waals surface area contributed by atoms with Gasteiger partial charge in [0.1, 0.15) is 11.9 Å². The second kappa shape index (κ2) is 11.2. The summed E-state index contributed by atoms with van der Waals surface area (Å²) in [6.45, 7) is 7.21. The first-order valence-electron chi connectivity index (χ1n) is 10.7. The van der Waals surface area contributed by atoms with Crippen LogP contribution in [-0.2, 0) is 14.8 Å². The van der Waals surface area contributed by atoms with Gasteiger partial charge in [0.25, 0.3) is 5.89 Å². The number of rotatable bonds is 11. The van der Waals surface area contributed by atoms with Crippen LogP contribution in [0.4, 0.5) is 0 Å². The van der Waals surface area contributed by atoms with E-state index in [0.29, 0.717) is 12.0 Å². The number of benzene rings is 1. The summed E-state index contributed by atoms with van der Waals surface area (Å²) < 4.78 is 30.3. The molecule has 1 heterocycles. The van der Waals surface area contributed by atoms with E-state index < -0.39 is 27.8 Å². The van der Waals surface area contributed by atoms with E-state index in [-0.39, 0.29) is 29.5 Å². The molecule has 0 aliphatic heterocycles. The van der Waals surface area contributed by atoms with E-state index in [0.717, 1.165) is 19.1 Å². The summed E-state index contributed by atoms with van der Waals surface area (Å²) in [5.41, 5.74) is 0.517. The first kappa shape index (κ1) is 26.2. The molecule has 2 rings (SSSR count). The maximum atomic E-state index is 12.9. The molecule has 0 bridgehead atoms. The normalized spacial score (nSPS) is 13.4. The monoisotopic (exact) mass is 477 g/mol. The van der Waals surface area contributed by atoms with E-state index in [2.05, 4.69) is 25.2 Å². The molecule has 2 aromatic rings. The van der Waals surface area contributed by atoms with Crippen molar-refractivity contribution < 1.29 is 22.5 Å². The summed E-state index contributed by atoms with van der Waals surface area (Å²) in [5, 5.41) is 6.38. The van der Waals surface area contributed by atoms with Gasteiger partial charge in [-0.1, -0.05) is 69.1 Å². The number of nitrogens with one attached hydrogen (secondary N) is 2. The standard InChI is InChI=1S/C22H31N5O5S/c1-6-22(4,7-2)13-17(24-15(3)27-33(5,30)31)20(29)23-14-18(28)21-25-19(26-32-21)16-11-9-8-10-12-16/h8-12,17H,6-7,13-14H2,1-5H3,(H,23,29)(H,24,27)/t17-/m0/s1. The highest BCUT2D eigenvalue weighted by Gasteiger charge is 2.30. The van der Waals surface area contributed by atoms with Gasteiger partial charge in [0.05, 0.1) is 12.8 Å². The van der Waals surface area contributed by atoms with E-state index in [9.17, 15) is 18.0 Å². The molecule has 1 atom stereocenters. The van der Waals surface area contributed by atoms with E-state index in [1.807, 2.05) is 39.0 Å². The SMILES string of the molecule is CCC(C)(CC)C[C@H](N=C(C)NS(C)(=O)=O)C(=O)NCC(=O)c1nc(-c2ccccc2)no1. The van der Waals surface area contributed by atoms with Crippen molar-refractivity contribution in [3.63, 3.8) is 0 Å². The lowest BCUT2D eigenvalue weighted by Gasteiger charge is -2.29. The van der Waals surface area contributed by atoms with Crippen LogP contribution in [0.2, 0.25) is 0 Å². The molecule has 180 valence electrons. The van der Waals surface area contributed by atoms with E-state index in [4.69, 9.17) is 4.52 Å². The van der Waals surface area contributed by atoms with Crippen LogP contribution in [0.3, 0.4) is 0 Å². The van der Waals surface area contributed by atoms with Crippen molar-refractivity contribution in [1.82, 2.24) is 20.2 Å². The van der Waals surface area contributed by atoms with Crippen molar-refractivity contribution in [2.75, 3.05) is 12.8 Å². The van der Waals surface area contributed by atoms with Gasteiger partial charge in [-0.05, 0) is 18.8 Å². The average Bonchev–Trinajstić information content (AvgIpc) is 3.26. The number of ketones is 1. The van der Waals surface area contributed by atoms with Crippen LogP contribution in [0.25, 0.3) is 11.4 Å². The minimum atomic E-state index is -3.53. The van der Waals surface area contributed by atoms with Crippen LogP contribution in [0.1, 0.15) is 57.6 Å². The smallest absolute Gasteiger partial charge is 0.296 e. The lowest BCUT2D eigenvalue weighted by Crippen LogP contribution is -2.41. The van der Waals surface area contributed by atoms with Gasteiger partial charge in [-0.3, -0.25) is 19.3 Å². The molecule has 0 saturated carbocycles. The number of amides is 1. The van der Waals surface area contributed by atoms with Crippen molar-refractivity contribution in [3.05, 3.63) is 36.2 Å². The quantitative estimate of drug-likeness (QED) is 0.287. The van der Waals surface area contributed by atoms with Crippen molar-refractivity contribution in [2.24, 2.45) is 10.4 Å². The molecule has 0 unspecified atom stereocenters. The summed E-state index contributed by atoms with van der Waals surface area (Å²) in [4.78, 5) is 33.8. The Balaban J connectivity index is 2.12. The summed E-state index contributed by atoms with van der Waals surface area (Å²) in [6.07, 6.45) is 3.02. The number of carbonyl (C=O) groups is 2. The fraction of sp³-hybridized carbons (Fsp3) is 0.500. The third-order valence-electron chi connectivity index (χ3n) is 5.50. The Kier molecular flexibility index (Phi) is 8.86. The number of sulfonamides is 1. The predicted octanol–water partition coefficient (Wildman–Crippen LogP) is 2.59. The number of amidine groups is 1. The average molecular weight is 478 g/mol. The number of carbonyl (C=O) groups excluding carboxylic acids is 2. The predicted molar refractivity (Wildman–Crippen MR) is 125 cm³/mol. The Morgan fingerprint density at radius 3 is 2.39 bits per heavy atom. The third kappa shape index (κ3) is 8.08. The van der Waals surface area contributed by atoms with Gasteiger partial charge in [-0.25, -0.2) is 8.42 Å². The van der Waals surface area contributed by atoms with Gasteiger partial charge in [0, 0.05) is 5.56 Å². The molecular weight excluding hydrogens is 446 g/mol. The van der Waals surface area contributed by atoms with Gasteiger partial charge in [0.2, 0.25) is 27.5 Å². The Morgan fingerprint density at radius 2 is 1.82 bits per heavy atom. The number of Topliss-reactive ketones (excluding diaryl/α,β-unsaturated/α-hetero) is 1. The molecule has 0 saturated heterocycles. The molecule has 10 nitrogen and oxygen atoms in total. The number of nitrogens with zero attached hydrogens (tertiary/aromatic N) is 3. The fourth-order valence-corrected chi connectivity index (χ4v) is 3.72. The second-order valence-electron chi connectivity index (χ2n) is 8.26. The summed E-state index contributed by atoms with van der Waals surface area (Å²) in [7, 11) is -3.53. The molecule has 0 aliphatic carbocycles. The van der Waals surface area contributed by atoms with Crippen LogP contribution >= 0.6 is 0 Å². The van der Waals surface area contributed by atoms with Crippen molar-refractivity contribution in [2.45, 2.75) is 53.0 Å². The minimum absolute atomic E-state index is 0.0999. The van der Waals surface area contributed by atoms with Crippen molar-refractivity contribution in [3.8, 4) is 11.4 Å². The van der Waals surface area contributed by atoms with Crippen LogP contribution in [-0.4, -0.2) is 54.9 Å². The molecule has 0 radical (unpaired) electrons. The highest BCUT2D eigenvalue weighted by molar-refractivity contribution is 7.89. The fourth-order valence-electron chi connectivity index (χ4n) is 3.13. The summed E-state index contributed by atoms with van der Waals surface area (Å²) >= 11 is 0. The molecule has 2 N–H and O–H groups in total. The molecular formula is C22H31N5O5S. The Labute approximate surface area is 194 Å². The first-order valence-corrected chi connectivity index (χ1v) is 12.6. The zero-order valence-corrected chi connectivity index (χ0v) is 20.4. The van der Waals surface area contributed by atoms with Crippen LogP contribution in [0, 0.1) is 5.41 Å². The van der Waals surface area contributed by atoms with Crippen molar-refractivity contribution in [1.29, 1.82) is 0 Å². The molecule has 1 aromatic heterocycles. The molecule has 0 spiro atoms. The zero-order chi connectivity index (χ0) is 24.6. The lowest BCUT2D eigenvalue weighted by atomic mass is 9.79. The maximum absolute atomic E-state index is 12.9. The van der Waals surface area contributed by atoms with E-state index in [1.165, 1.54) is 6.92 Å². The summed E-state index contributed by atoms with van der Waals surface area (Å²) in [5.74, 6) is -0.870. The molecule has 33 heavy (non-hydrogen) atoms. The zero-order valence-electron chi connectivity index (χ0n) is 19.6. The highest BCUT2D eigenvalue weighted by Crippen LogP contribution is 2.32. The molecule has 1 amide bonds. The van der Waals surface area contributed by atoms with Gasteiger partial charge < -0.3 is 9.84 Å². The lowest BCUT2D eigenvalue weighted by molar-refractivity contribution is -0.122. The maximum Gasteiger partial charge on any atom is 0.296 e. The number of hydrogen-bond donors (Lipinski definition) is 2. The van der Waals surface area contributed by atoms with Gasteiger partial charge in [0.15, 0.2) is 0 Å². The van der Waals surface area contributed by atoms with Gasteiger partial charge in [-0.2, -0.15) is 4.98 Å². The largest absolute Gasteiger partial charge is 0.347 e. The summed E-state index contributed by atoms with van der Waals surface area (Å²) in [6, 6.07) is 8.17. The van der Waals surface area contributed by atoms with E-state index >= 15 is 0 Å². The van der Waals surface area contributed by atoms with Crippen molar-refractivity contribution >= 4 is 27.5 Å². The second-order valence-corrected chi connectivity index (χ2v) is 10.0. The molecule has 1 aromatic carbocycles. The first-order chi connectivity index (χ1) is 15.5. The van der Waals surface area contributed by atoms with Crippen LogP contribution in [0.5, 0.6) is 0 Å². The van der Waals surface area contributed by atoms with E-state index in [1.54, 1.807) is 12.1 Å². The topological polar surface area (TPSA) is 144 Å². The van der Waals surface area contributed by atoms with Crippen LogP contribution < -0.4 is 10.0 Å². The number of aromatic nitrogens is 2. The number of aliphatic imine (C=N–C) groups is 1. The van der Waals surface area contributed by atoms with Gasteiger partial charge >= 0.3 is 0 Å². The molecule has 0 fully saturated rings. The van der Waals surface area contributed by atoms with Crippen LogP contribution in [0.15, 0.2) is 39.8 Å². The molecule has 11 heteroatoms. The Morgan fingerprint density at radius 1 is 1.18 bits per heavy atom. The minimum Gasteiger partial charge on any atom is -0.347 e. The third-order valence-corrected chi connectivity index (χ3v) is 6.16. The highest BCUT2D eigenvalue weighted by atomic mass is 32.2.